The van der Waals surface area contributed by atoms with Gasteiger partial charge in [-0.1, -0.05) is 13.8 Å². The van der Waals surface area contributed by atoms with Gasteiger partial charge in [0.15, 0.2) is 0 Å². The number of halogens is 3. The third-order valence-electron chi connectivity index (χ3n) is 2.83. The second-order valence-electron chi connectivity index (χ2n) is 4.23. The molecule has 4 heteroatoms. The van der Waals surface area contributed by atoms with Crippen LogP contribution in [0.3, 0.4) is 0 Å². The van der Waals surface area contributed by atoms with Crippen LogP contribution in [0.25, 0.3) is 0 Å². The lowest BCUT2D eigenvalue weighted by Gasteiger charge is -2.22. The Labute approximate surface area is 76.9 Å². The molecular formula is C9H16F3N. The molecular weight excluding hydrogens is 179 g/mol. The predicted molar refractivity (Wildman–Crippen MR) is 45.4 cm³/mol. The first-order chi connectivity index (χ1) is 5.82. The molecule has 0 bridgehead atoms. The number of hydrogen-bond acceptors (Lipinski definition) is 1. The van der Waals surface area contributed by atoms with Crippen molar-refractivity contribution in [3.8, 4) is 0 Å². The third-order valence-corrected chi connectivity index (χ3v) is 2.83. The van der Waals surface area contributed by atoms with Crippen molar-refractivity contribution in [1.29, 1.82) is 0 Å². The van der Waals surface area contributed by atoms with Crippen molar-refractivity contribution in [2.75, 3.05) is 13.6 Å². The van der Waals surface area contributed by atoms with Gasteiger partial charge >= 0.3 is 6.18 Å². The van der Waals surface area contributed by atoms with Crippen LogP contribution in [0.2, 0.25) is 0 Å². The van der Waals surface area contributed by atoms with Crippen molar-refractivity contribution in [3.63, 3.8) is 0 Å². The van der Waals surface area contributed by atoms with E-state index in [-0.39, 0.29) is 19.0 Å². The molecule has 78 valence electrons. The van der Waals surface area contributed by atoms with Gasteiger partial charge in [-0.25, -0.2) is 0 Å². The van der Waals surface area contributed by atoms with Crippen LogP contribution in [-0.2, 0) is 0 Å². The summed E-state index contributed by atoms with van der Waals surface area (Å²) < 4.78 is 37.0. The summed E-state index contributed by atoms with van der Waals surface area (Å²) in [5.74, 6) is -0.817. The fourth-order valence-corrected chi connectivity index (χ4v) is 2.05. The van der Waals surface area contributed by atoms with E-state index in [1.54, 1.807) is 7.05 Å². The van der Waals surface area contributed by atoms with E-state index in [9.17, 15) is 13.2 Å². The van der Waals surface area contributed by atoms with Crippen molar-refractivity contribution in [2.24, 2.45) is 11.8 Å². The molecule has 1 saturated heterocycles. The maximum atomic E-state index is 12.3. The zero-order valence-electron chi connectivity index (χ0n) is 8.23. The first kappa shape index (κ1) is 10.8. The molecule has 0 aromatic heterocycles. The fourth-order valence-electron chi connectivity index (χ4n) is 2.05. The molecule has 1 unspecified atom stereocenters. The number of rotatable bonds is 1. The van der Waals surface area contributed by atoms with Gasteiger partial charge in [-0.05, 0) is 19.4 Å². The summed E-state index contributed by atoms with van der Waals surface area (Å²) in [6.45, 7) is 4.10. The second kappa shape index (κ2) is 3.48. The van der Waals surface area contributed by atoms with Crippen LogP contribution in [0.5, 0.6) is 0 Å². The number of likely N-dealkylation sites (tertiary alicyclic amines) is 1. The molecule has 0 amide bonds. The van der Waals surface area contributed by atoms with Gasteiger partial charge in [0.05, 0.1) is 5.92 Å². The largest absolute Gasteiger partial charge is 0.393 e. The summed E-state index contributed by atoms with van der Waals surface area (Å²) in [6, 6.07) is 0.0895. The van der Waals surface area contributed by atoms with E-state index in [4.69, 9.17) is 0 Å². The summed E-state index contributed by atoms with van der Waals surface area (Å²) in [4.78, 5) is 1.82. The average Bonchev–Trinajstić information content (AvgIpc) is 2.29. The summed E-state index contributed by atoms with van der Waals surface area (Å²) >= 11 is 0. The topological polar surface area (TPSA) is 3.24 Å². The van der Waals surface area contributed by atoms with Crippen molar-refractivity contribution >= 4 is 0 Å². The van der Waals surface area contributed by atoms with Gasteiger partial charge in [-0.3, -0.25) is 0 Å². The maximum absolute atomic E-state index is 12.3. The molecule has 1 rings (SSSR count). The van der Waals surface area contributed by atoms with E-state index in [1.165, 1.54) is 0 Å². The molecule has 1 fully saturated rings. The Morgan fingerprint density at radius 1 is 1.31 bits per heavy atom. The fraction of sp³-hybridized carbons (Fsp3) is 1.00. The molecule has 0 radical (unpaired) electrons. The monoisotopic (exact) mass is 195 g/mol. The molecule has 13 heavy (non-hydrogen) atoms. The van der Waals surface area contributed by atoms with E-state index in [0.29, 0.717) is 5.92 Å². The van der Waals surface area contributed by atoms with Crippen molar-refractivity contribution in [3.05, 3.63) is 0 Å². The Balaban J connectivity index is 2.60. The quantitative estimate of drug-likeness (QED) is 0.621. The molecule has 0 aromatic rings. The van der Waals surface area contributed by atoms with Crippen molar-refractivity contribution in [2.45, 2.75) is 32.5 Å². The minimum absolute atomic E-state index is 0.0895. The van der Waals surface area contributed by atoms with E-state index >= 15 is 0 Å². The van der Waals surface area contributed by atoms with Crippen molar-refractivity contribution < 1.29 is 13.2 Å². The highest BCUT2D eigenvalue weighted by Crippen LogP contribution is 2.37. The molecule has 2 atom stereocenters. The summed E-state index contributed by atoms with van der Waals surface area (Å²) in [7, 11) is 1.77. The molecule has 0 aromatic carbocycles. The third kappa shape index (κ3) is 2.36. The second-order valence-corrected chi connectivity index (χ2v) is 4.23. The van der Waals surface area contributed by atoms with E-state index in [1.807, 2.05) is 18.7 Å². The van der Waals surface area contributed by atoms with Crippen LogP contribution in [0.4, 0.5) is 13.2 Å². The highest BCUT2D eigenvalue weighted by molar-refractivity contribution is 4.88. The molecule has 1 nitrogen and oxygen atoms in total. The Morgan fingerprint density at radius 2 is 1.85 bits per heavy atom. The minimum Gasteiger partial charge on any atom is -0.303 e. The van der Waals surface area contributed by atoms with Crippen LogP contribution in [0.15, 0.2) is 0 Å². The smallest absolute Gasteiger partial charge is 0.303 e. The van der Waals surface area contributed by atoms with Crippen molar-refractivity contribution in [1.82, 2.24) is 4.90 Å². The van der Waals surface area contributed by atoms with E-state index in [0.717, 1.165) is 0 Å². The Bertz CT molecular complexity index is 176. The van der Waals surface area contributed by atoms with Crippen LogP contribution < -0.4 is 0 Å². The molecule has 1 heterocycles. The Morgan fingerprint density at radius 3 is 2.08 bits per heavy atom. The normalized spacial score (nSPS) is 31.6. The molecule has 0 N–H and O–H groups in total. The zero-order valence-corrected chi connectivity index (χ0v) is 8.23. The lowest BCUT2D eigenvalue weighted by molar-refractivity contribution is -0.170. The molecule has 0 aliphatic carbocycles. The van der Waals surface area contributed by atoms with Gasteiger partial charge in [-0.2, -0.15) is 13.2 Å². The lowest BCUT2D eigenvalue weighted by atomic mass is 9.97. The van der Waals surface area contributed by atoms with Crippen LogP contribution in [0, 0.1) is 11.8 Å². The predicted octanol–water partition coefficient (Wildman–Crippen LogP) is 2.53. The van der Waals surface area contributed by atoms with Gasteiger partial charge in [0.1, 0.15) is 0 Å². The van der Waals surface area contributed by atoms with Gasteiger partial charge in [0.2, 0.25) is 0 Å². The highest BCUT2D eigenvalue weighted by atomic mass is 19.4. The van der Waals surface area contributed by atoms with Crippen LogP contribution in [-0.4, -0.2) is 30.7 Å². The Kier molecular flexibility index (Phi) is 2.90. The molecule has 0 spiro atoms. The average molecular weight is 195 g/mol. The maximum Gasteiger partial charge on any atom is 0.393 e. The summed E-state index contributed by atoms with van der Waals surface area (Å²) in [5.41, 5.74) is 0. The highest BCUT2D eigenvalue weighted by Gasteiger charge is 2.46. The first-order valence-electron chi connectivity index (χ1n) is 4.59. The van der Waals surface area contributed by atoms with Gasteiger partial charge in [0.25, 0.3) is 0 Å². The van der Waals surface area contributed by atoms with Gasteiger partial charge < -0.3 is 4.90 Å². The summed E-state index contributed by atoms with van der Waals surface area (Å²) in [6.07, 6.45) is -3.75. The van der Waals surface area contributed by atoms with E-state index in [2.05, 4.69) is 0 Å². The number of alkyl halides is 3. The zero-order chi connectivity index (χ0) is 10.2. The standard InChI is InChI=1S/C9H16F3N/c1-6(2)8-4-7(5-13(8)3)9(10,11)12/h6-8H,4-5H2,1-3H3/t7-,8?/m0/s1. The van der Waals surface area contributed by atoms with Gasteiger partial charge in [0, 0.05) is 12.6 Å². The SMILES string of the molecule is CC(C)C1C[C@H](C(F)(F)F)CN1C. The molecule has 0 saturated carbocycles. The van der Waals surface area contributed by atoms with E-state index < -0.39 is 12.1 Å². The number of nitrogens with zero attached hydrogens (tertiary/aromatic N) is 1. The van der Waals surface area contributed by atoms with Crippen LogP contribution in [0.1, 0.15) is 20.3 Å². The first-order valence-corrected chi connectivity index (χ1v) is 4.59. The summed E-state index contributed by atoms with van der Waals surface area (Å²) in [5, 5.41) is 0. The van der Waals surface area contributed by atoms with Gasteiger partial charge in [-0.15, -0.1) is 0 Å². The lowest BCUT2D eigenvalue weighted by Crippen LogP contribution is -2.29. The minimum atomic E-state index is -4.02. The molecule has 1 aliphatic heterocycles. The molecule has 1 aliphatic rings. The number of hydrogen-bond donors (Lipinski definition) is 0. The van der Waals surface area contributed by atoms with Crippen LogP contribution >= 0.6 is 0 Å². The Hall–Kier alpha value is -0.250.